The van der Waals surface area contributed by atoms with Gasteiger partial charge in [-0.25, -0.2) is 0 Å². The zero-order valence-electron chi connectivity index (χ0n) is 10.9. The first-order valence-corrected chi connectivity index (χ1v) is 6.59. The summed E-state index contributed by atoms with van der Waals surface area (Å²) in [5.41, 5.74) is 5.98. The molecule has 1 amide bonds. The van der Waals surface area contributed by atoms with E-state index in [9.17, 15) is 4.79 Å². The summed E-state index contributed by atoms with van der Waals surface area (Å²) in [4.78, 5) is 14.4. The molecule has 0 radical (unpaired) electrons. The zero-order chi connectivity index (χ0) is 13.0. The van der Waals surface area contributed by atoms with Crippen molar-refractivity contribution in [3.63, 3.8) is 0 Å². The number of rotatable bonds is 5. The first kappa shape index (κ1) is 13.0. The van der Waals surface area contributed by atoms with Crippen LogP contribution < -0.4 is 5.73 Å². The van der Waals surface area contributed by atoms with Crippen molar-refractivity contribution < 1.29 is 4.79 Å². The summed E-state index contributed by atoms with van der Waals surface area (Å²) in [6.07, 6.45) is 7.11. The Hall–Kier alpha value is -1.43. The fourth-order valence-corrected chi connectivity index (χ4v) is 2.52. The predicted octanol–water partition coefficient (Wildman–Crippen LogP) is 0.549. The number of aromatic nitrogens is 3. The first-order valence-electron chi connectivity index (χ1n) is 6.59. The summed E-state index contributed by atoms with van der Waals surface area (Å²) < 4.78 is 1.56. The fraction of sp³-hybridized carbons (Fsp3) is 0.750. The summed E-state index contributed by atoms with van der Waals surface area (Å²) in [7, 11) is 1.77. The number of carbonyl (C=O) groups excluding carboxylic acids is 1. The van der Waals surface area contributed by atoms with E-state index >= 15 is 0 Å². The maximum absolute atomic E-state index is 12.4. The molecule has 1 heterocycles. The molecule has 18 heavy (non-hydrogen) atoms. The fourth-order valence-electron chi connectivity index (χ4n) is 2.52. The van der Waals surface area contributed by atoms with Gasteiger partial charge < -0.3 is 10.6 Å². The first-order chi connectivity index (χ1) is 8.72. The number of hydrogen-bond acceptors (Lipinski definition) is 4. The minimum absolute atomic E-state index is 0.0107. The van der Waals surface area contributed by atoms with Crippen molar-refractivity contribution in [1.82, 2.24) is 19.9 Å². The maximum atomic E-state index is 12.4. The Labute approximate surface area is 107 Å². The highest BCUT2D eigenvalue weighted by Gasteiger charge is 2.28. The van der Waals surface area contributed by atoms with Crippen LogP contribution in [0.5, 0.6) is 0 Å². The standard InChI is InChI=1S/C12H21N5O/c1-16-9-11(14-15-16)12(18)17(8-4-7-13)10-5-2-3-6-10/h9-10H,2-8,13H2,1H3. The van der Waals surface area contributed by atoms with Crippen LogP contribution in [-0.4, -0.2) is 44.9 Å². The lowest BCUT2D eigenvalue weighted by Crippen LogP contribution is -2.40. The Balaban J connectivity index is 2.09. The number of nitrogens with zero attached hydrogens (tertiary/aromatic N) is 4. The van der Waals surface area contributed by atoms with Gasteiger partial charge in [-0.05, 0) is 25.8 Å². The van der Waals surface area contributed by atoms with Crippen LogP contribution in [0.2, 0.25) is 0 Å². The molecule has 1 aliphatic rings. The summed E-state index contributed by atoms with van der Waals surface area (Å²) >= 11 is 0. The highest BCUT2D eigenvalue weighted by Crippen LogP contribution is 2.24. The van der Waals surface area contributed by atoms with Crippen molar-refractivity contribution in [2.24, 2.45) is 12.8 Å². The van der Waals surface area contributed by atoms with Gasteiger partial charge in [-0.15, -0.1) is 5.10 Å². The topological polar surface area (TPSA) is 77.0 Å². The van der Waals surface area contributed by atoms with E-state index in [2.05, 4.69) is 10.3 Å². The quantitative estimate of drug-likeness (QED) is 0.829. The number of carbonyl (C=O) groups is 1. The van der Waals surface area contributed by atoms with Gasteiger partial charge >= 0.3 is 0 Å². The summed E-state index contributed by atoms with van der Waals surface area (Å²) in [6, 6.07) is 0.353. The minimum Gasteiger partial charge on any atom is -0.334 e. The van der Waals surface area contributed by atoms with E-state index < -0.39 is 0 Å². The highest BCUT2D eigenvalue weighted by molar-refractivity contribution is 5.92. The third-order valence-electron chi connectivity index (χ3n) is 3.45. The number of hydrogen-bond donors (Lipinski definition) is 1. The normalized spacial score (nSPS) is 16.1. The lowest BCUT2D eigenvalue weighted by atomic mass is 10.2. The Morgan fingerprint density at radius 1 is 1.56 bits per heavy atom. The van der Waals surface area contributed by atoms with Crippen molar-refractivity contribution in [3.8, 4) is 0 Å². The van der Waals surface area contributed by atoms with Crippen LogP contribution in [-0.2, 0) is 7.05 Å². The molecular weight excluding hydrogens is 230 g/mol. The zero-order valence-corrected chi connectivity index (χ0v) is 10.9. The van der Waals surface area contributed by atoms with E-state index in [0.717, 1.165) is 25.8 Å². The predicted molar refractivity (Wildman–Crippen MR) is 68.0 cm³/mol. The van der Waals surface area contributed by atoms with E-state index in [1.807, 2.05) is 4.90 Å². The third kappa shape index (κ3) is 2.87. The molecule has 1 aromatic heterocycles. The van der Waals surface area contributed by atoms with Crippen LogP contribution >= 0.6 is 0 Å². The van der Waals surface area contributed by atoms with Crippen molar-refractivity contribution in [1.29, 1.82) is 0 Å². The molecule has 0 spiro atoms. The molecule has 100 valence electrons. The van der Waals surface area contributed by atoms with Crippen molar-refractivity contribution >= 4 is 5.91 Å². The molecule has 6 nitrogen and oxygen atoms in total. The number of aryl methyl sites for hydroxylation is 1. The molecule has 1 aromatic rings. The van der Waals surface area contributed by atoms with Gasteiger partial charge in [0.15, 0.2) is 5.69 Å². The molecule has 0 aromatic carbocycles. The molecule has 2 rings (SSSR count). The molecule has 1 aliphatic carbocycles. The Bertz CT molecular complexity index is 397. The van der Waals surface area contributed by atoms with Crippen LogP contribution in [0.25, 0.3) is 0 Å². The van der Waals surface area contributed by atoms with Crippen LogP contribution in [0.4, 0.5) is 0 Å². The van der Waals surface area contributed by atoms with Gasteiger partial charge in [0.05, 0.1) is 6.20 Å². The van der Waals surface area contributed by atoms with Crippen molar-refractivity contribution in [2.45, 2.75) is 38.1 Å². The Morgan fingerprint density at radius 3 is 2.83 bits per heavy atom. The maximum Gasteiger partial charge on any atom is 0.276 e. The average molecular weight is 251 g/mol. The van der Waals surface area contributed by atoms with Gasteiger partial charge in [0.25, 0.3) is 5.91 Å². The van der Waals surface area contributed by atoms with Crippen LogP contribution in [0.3, 0.4) is 0 Å². The summed E-state index contributed by atoms with van der Waals surface area (Å²) in [5.74, 6) is -0.0107. The monoisotopic (exact) mass is 251 g/mol. The second-order valence-electron chi connectivity index (χ2n) is 4.86. The molecule has 0 atom stereocenters. The second-order valence-corrected chi connectivity index (χ2v) is 4.86. The van der Waals surface area contributed by atoms with Gasteiger partial charge in [0.1, 0.15) is 0 Å². The van der Waals surface area contributed by atoms with E-state index in [0.29, 0.717) is 18.3 Å². The third-order valence-corrected chi connectivity index (χ3v) is 3.45. The molecule has 2 N–H and O–H groups in total. The van der Waals surface area contributed by atoms with Gasteiger partial charge in [-0.2, -0.15) is 0 Å². The summed E-state index contributed by atoms with van der Waals surface area (Å²) in [5, 5.41) is 7.73. The van der Waals surface area contributed by atoms with Crippen LogP contribution in [0, 0.1) is 0 Å². The van der Waals surface area contributed by atoms with Crippen LogP contribution in [0.15, 0.2) is 6.20 Å². The highest BCUT2D eigenvalue weighted by atomic mass is 16.2. The Kier molecular flexibility index (Phi) is 4.30. The van der Waals surface area contributed by atoms with Crippen molar-refractivity contribution in [2.75, 3.05) is 13.1 Å². The molecule has 0 saturated heterocycles. The Morgan fingerprint density at radius 2 is 2.28 bits per heavy atom. The van der Waals surface area contributed by atoms with E-state index in [1.54, 1.807) is 17.9 Å². The van der Waals surface area contributed by atoms with E-state index in [1.165, 1.54) is 12.8 Å². The lowest BCUT2D eigenvalue weighted by molar-refractivity contribution is 0.0674. The molecule has 0 unspecified atom stereocenters. The lowest BCUT2D eigenvalue weighted by Gasteiger charge is -2.28. The molecule has 6 heteroatoms. The van der Waals surface area contributed by atoms with Gasteiger partial charge in [-0.1, -0.05) is 18.1 Å². The minimum atomic E-state index is -0.0107. The molecule has 1 fully saturated rings. The van der Waals surface area contributed by atoms with Gasteiger partial charge in [0.2, 0.25) is 0 Å². The average Bonchev–Trinajstić information content (AvgIpc) is 3.00. The van der Waals surface area contributed by atoms with Crippen molar-refractivity contribution in [3.05, 3.63) is 11.9 Å². The summed E-state index contributed by atoms with van der Waals surface area (Å²) in [6.45, 7) is 1.33. The smallest absolute Gasteiger partial charge is 0.276 e. The molecule has 1 saturated carbocycles. The molecule has 0 aliphatic heterocycles. The largest absolute Gasteiger partial charge is 0.334 e. The second kappa shape index (κ2) is 5.95. The number of amides is 1. The van der Waals surface area contributed by atoms with Gasteiger partial charge in [-0.3, -0.25) is 9.48 Å². The van der Waals surface area contributed by atoms with E-state index in [4.69, 9.17) is 5.73 Å². The van der Waals surface area contributed by atoms with Crippen LogP contribution in [0.1, 0.15) is 42.6 Å². The SMILES string of the molecule is Cn1cc(C(=O)N(CCCN)C2CCCC2)nn1. The number of nitrogens with two attached hydrogens (primary N) is 1. The van der Waals surface area contributed by atoms with E-state index in [-0.39, 0.29) is 5.91 Å². The molecule has 0 bridgehead atoms. The molecular formula is C12H21N5O. The van der Waals surface area contributed by atoms with Gasteiger partial charge in [0, 0.05) is 19.6 Å².